The Morgan fingerprint density at radius 3 is 2.62 bits per heavy atom. The van der Waals surface area contributed by atoms with Gasteiger partial charge in [-0.1, -0.05) is 35.9 Å². The van der Waals surface area contributed by atoms with Gasteiger partial charge in [-0.3, -0.25) is 0 Å². The summed E-state index contributed by atoms with van der Waals surface area (Å²) in [7, 11) is 0. The summed E-state index contributed by atoms with van der Waals surface area (Å²) >= 11 is 7.87. The zero-order valence-electron chi connectivity index (χ0n) is 10.9. The van der Waals surface area contributed by atoms with E-state index < -0.39 is 0 Å². The van der Waals surface area contributed by atoms with Crippen molar-refractivity contribution in [1.29, 1.82) is 0 Å². The highest BCUT2D eigenvalue weighted by Crippen LogP contribution is 2.42. The lowest BCUT2D eigenvalue weighted by Gasteiger charge is -1.94. The monoisotopic (exact) mass is 308 g/mol. The van der Waals surface area contributed by atoms with Crippen molar-refractivity contribution in [2.75, 3.05) is 0 Å². The Morgan fingerprint density at radius 2 is 1.67 bits per heavy atom. The molecule has 0 aliphatic rings. The van der Waals surface area contributed by atoms with Gasteiger partial charge in [0.1, 0.15) is 11.2 Å². The van der Waals surface area contributed by atoms with E-state index in [1.807, 2.05) is 30.3 Å². The minimum absolute atomic E-state index is 0.773. The summed E-state index contributed by atoms with van der Waals surface area (Å²) in [6.45, 7) is 0. The molecule has 0 spiro atoms. The second-order valence-corrected chi connectivity index (χ2v) is 6.68. The van der Waals surface area contributed by atoms with Crippen LogP contribution in [-0.4, -0.2) is 0 Å². The summed E-state index contributed by atoms with van der Waals surface area (Å²) < 4.78 is 8.57. The Labute approximate surface area is 129 Å². The van der Waals surface area contributed by atoms with Gasteiger partial charge in [0.15, 0.2) is 0 Å². The second kappa shape index (κ2) is 4.00. The van der Waals surface area contributed by atoms with Gasteiger partial charge in [0.2, 0.25) is 0 Å². The number of furan rings is 1. The lowest BCUT2D eigenvalue weighted by Crippen LogP contribution is -1.69. The Kier molecular flexibility index (Phi) is 2.21. The van der Waals surface area contributed by atoms with E-state index in [1.165, 1.54) is 30.9 Å². The number of fused-ring (bicyclic) bond motifs is 7. The summed E-state index contributed by atoms with van der Waals surface area (Å²) in [6, 6.07) is 18.6. The van der Waals surface area contributed by atoms with Gasteiger partial charge in [-0.15, -0.1) is 11.3 Å². The van der Waals surface area contributed by atoms with Gasteiger partial charge in [0.05, 0.1) is 0 Å². The van der Waals surface area contributed by atoms with Gasteiger partial charge in [-0.2, -0.15) is 0 Å². The molecule has 5 aromatic rings. The maximum absolute atomic E-state index is 6.14. The van der Waals surface area contributed by atoms with Gasteiger partial charge in [0.25, 0.3) is 0 Å². The van der Waals surface area contributed by atoms with Gasteiger partial charge < -0.3 is 4.42 Å². The Hall–Kier alpha value is -2.03. The van der Waals surface area contributed by atoms with Crippen molar-refractivity contribution < 1.29 is 4.42 Å². The normalized spacial score (nSPS) is 12.0. The second-order valence-electron chi connectivity index (χ2n) is 5.16. The fourth-order valence-corrected chi connectivity index (χ4v) is 4.40. The van der Waals surface area contributed by atoms with E-state index in [9.17, 15) is 0 Å². The number of para-hydroxylation sites is 1. The Morgan fingerprint density at radius 1 is 0.810 bits per heavy atom. The number of halogens is 1. The molecule has 0 N–H and O–H groups in total. The summed E-state index contributed by atoms with van der Waals surface area (Å²) in [4.78, 5) is 0. The first kappa shape index (κ1) is 11.6. The van der Waals surface area contributed by atoms with Gasteiger partial charge in [-0.05, 0) is 30.3 Å². The molecule has 2 heterocycles. The maximum atomic E-state index is 6.14. The van der Waals surface area contributed by atoms with Crippen LogP contribution < -0.4 is 0 Å². The van der Waals surface area contributed by atoms with E-state index in [0.717, 1.165) is 16.2 Å². The first-order valence-electron chi connectivity index (χ1n) is 6.73. The largest absolute Gasteiger partial charge is 0.455 e. The van der Waals surface area contributed by atoms with E-state index >= 15 is 0 Å². The topological polar surface area (TPSA) is 13.1 Å². The van der Waals surface area contributed by atoms with E-state index in [2.05, 4.69) is 24.3 Å². The number of benzene rings is 3. The minimum atomic E-state index is 0.773. The lowest BCUT2D eigenvalue weighted by atomic mass is 10.1. The molecule has 0 aliphatic carbocycles. The van der Waals surface area contributed by atoms with E-state index in [4.69, 9.17) is 16.0 Å². The molecule has 0 bridgehead atoms. The third kappa shape index (κ3) is 1.52. The molecule has 21 heavy (non-hydrogen) atoms. The number of thiophene rings is 1. The van der Waals surface area contributed by atoms with Crippen molar-refractivity contribution >= 4 is 65.0 Å². The summed E-state index contributed by atoms with van der Waals surface area (Å²) in [5, 5.41) is 5.52. The molecule has 0 fully saturated rings. The molecular weight excluding hydrogens is 300 g/mol. The Bertz CT molecular complexity index is 1150. The standard InChI is InChI=1S/C18H9ClOS/c19-10-5-6-13-16(9-10)21-15-8-7-12-11-3-1-2-4-14(11)20-18(12)17(13)15/h1-9H. The average molecular weight is 309 g/mol. The van der Waals surface area contributed by atoms with Crippen LogP contribution in [0.3, 0.4) is 0 Å². The number of rotatable bonds is 0. The minimum Gasteiger partial charge on any atom is -0.455 e. The molecule has 5 rings (SSSR count). The summed E-state index contributed by atoms with van der Waals surface area (Å²) in [6.07, 6.45) is 0. The van der Waals surface area contributed by atoms with Crippen LogP contribution in [0.15, 0.2) is 59.0 Å². The van der Waals surface area contributed by atoms with Crippen LogP contribution in [0.4, 0.5) is 0 Å². The zero-order valence-corrected chi connectivity index (χ0v) is 12.5. The molecular formula is C18H9ClOS. The number of hydrogen-bond acceptors (Lipinski definition) is 2. The van der Waals surface area contributed by atoms with Gasteiger partial charge >= 0.3 is 0 Å². The molecule has 0 saturated heterocycles. The highest BCUT2D eigenvalue weighted by atomic mass is 35.5. The van der Waals surface area contributed by atoms with Crippen LogP contribution in [0, 0.1) is 0 Å². The zero-order chi connectivity index (χ0) is 14.0. The molecule has 0 unspecified atom stereocenters. The van der Waals surface area contributed by atoms with Gasteiger partial charge in [-0.25, -0.2) is 0 Å². The van der Waals surface area contributed by atoms with Crippen LogP contribution in [0.2, 0.25) is 5.02 Å². The fourth-order valence-electron chi connectivity index (χ4n) is 3.02. The first-order valence-corrected chi connectivity index (χ1v) is 7.93. The lowest BCUT2D eigenvalue weighted by molar-refractivity contribution is 0.673. The van der Waals surface area contributed by atoms with E-state index in [0.29, 0.717) is 0 Å². The molecule has 0 saturated carbocycles. The quantitative estimate of drug-likeness (QED) is 0.314. The van der Waals surface area contributed by atoms with Crippen LogP contribution in [0.25, 0.3) is 42.1 Å². The molecule has 0 amide bonds. The molecule has 3 aromatic carbocycles. The summed E-state index contributed by atoms with van der Waals surface area (Å²) in [5.74, 6) is 0. The maximum Gasteiger partial charge on any atom is 0.144 e. The first-order chi connectivity index (χ1) is 10.3. The van der Waals surface area contributed by atoms with Crippen molar-refractivity contribution in [3.8, 4) is 0 Å². The van der Waals surface area contributed by atoms with E-state index in [1.54, 1.807) is 11.3 Å². The van der Waals surface area contributed by atoms with Crippen LogP contribution in [-0.2, 0) is 0 Å². The molecule has 3 heteroatoms. The number of hydrogen-bond donors (Lipinski definition) is 0. The highest BCUT2D eigenvalue weighted by molar-refractivity contribution is 7.26. The molecule has 100 valence electrons. The van der Waals surface area contributed by atoms with E-state index in [-0.39, 0.29) is 0 Å². The van der Waals surface area contributed by atoms with Crippen molar-refractivity contribution in [2.24, 2.45) is 0 Å². The average Bonchev–Trinajstić information content (AvgIpc) is 3.03. The van der Waals surface area contributed by atoms with Crippen molar-refractivity contribution in [3.05, 3.63) is 59.6 Å². The molecule has 1 nitrogen and oxygen atoms in total. The Balaban J connectivity index is 2.09. The molecule has 0 aliphatic heterocycles. The van der Waals surface area contributed by atoms with Crippen molar-refractivity contribution in [1.82, 2.24) is 0 Å². The summed E-state index contributed by atoms with van der Waals surface area (Å²) in [5.41, 5.74) is 1.91. The van der Waals surface area contributed by atoms with Crippen molar-refractivity contribution in [2.45, 2.75) is 0 Å². The highest BCUT2D eigenvalue weighted by Gasteiger charge is 2.14. The predicted octanol–water partition coefficient (Wildman–Crippen LogP) is 6.61. The molecule has 0 radical (unpaired) electrons. The van der Waals surface area contributed by atoms with Crippen LogP contribution in [0.1, 0.15) is 0 Å². The SMILES string of the molecule is Clc1ccc2c(c1)sc1ccc3c4ccccc4oc3c12. The third-order valence-electron chi connectivity index (χ3n) is 3.94. The third-order valence-corrected chi connectivity index (χ3v) is 5.29. The molecule has 0 atom stereocenters. The fraction of sp³-hybridized carbons (Fsp3) is 0. The van der Waals surface area contributed by atoms with Crippen LogP contribution in [0.5, 0.6) is 0 Å². The van der Waals surface area contributed by atoms with Gasteiger partial charge in [0, 0.05) is 36.0 Å². The van der Waals surface area contributed by atoms with Crippen LogP contribution >= 0.6 is 22.9 Å². The van der Waals surface area contributed by atoms with Crippen molar-refractivity contribution in [3.63, 3.8) is 0 Å². The molecule has 2 aromatic heterocycles. The smallest absolute Gasteiger partial charge is 0.144 e. The predicted molar refractivity (Wildman–Crippen MR) is 91.6 cm³/mol.